The molecule has 1 unspecified atom stereocenters. The Morgan fingerprint density at radius 3 is 2.69 bits per heavy atom. The molecule has 39 heavy (non-hydrogen) atoms. The topological polar surface area (TPSA) is 90.2 Å². The molecular weight excluding hydrogens is 494 g/mol. The van der Waals surface area contributed by atoms with Crippen molar-refractivity contribution in [3.05, 3.63) is 42.1 Å². The number of nitrogens with one attached hydrogen (secondary N) is 1. The van der Waals surface area contributed by atoms with Gasteiger partial charge < -0.3 is 14.2 Å². The Labute approximate surface area is 230 Å². The Morgan fingerprint density at radius 2 is 1.97 bits per heavy atom. The van der Waals surface area contributed by atoms with Crippen molar-refractivity contribution in [2.45, 2.75) is 77.4 Å². The minimum Gasteiger partial charge on any atom is -0.495 e. The number of hydrogen-bond donors (Lipinski definition) is 1. The van der Waals surface area contributed by atoms with Crippen LogP contribution >= 0.6 is 0 Å². The maximum absolute atomic E-state index is 12.4. The number of carbonyl (C=O) groups is 1. The summed E-state index contributed by atoms with van der Waals surface area (Å²) in [4.78, 5) is 24.8. The molecule has 5 rings (SSSR count). The molecule has 9 heteroatoms. The second-order valence-electron chi connectivity index (χ2n) is 10.7. The number of aromatic nitrogens is 3. The first kappa shape index (κ1) is 27.4. The van der Waals surface area contributed by atoms with Gasteiger partial charge in [0.2, 0.25) is 0 Å². The van der Waals surface area contributed by atoms with Gasteiger partial charge in [0.25, 0.3) is 0 Å². The molecule has 3 aromatic rings. The number of morpholine rings is 1. The fourth-order valence-corrected chi connectivity index (χ4v) is 6.08. The molecule has 0 spiro atoms. The van der Waals surface area contributed by atoms with Crippen molar-refractivity contribution in [2.75, 3.05) is 38.7 Å². The second kappa shape index (κ2) is 12.3. The standard InChI is InChI=1S/C30H41N5O4/c1-5-6-20(2)39-30(36)32-25-12-9-23(19-26(25)37-4)27-28-21(3)31-13-14-35(28)29(33-27)22-7-10-24(11-8-22)34-15-17-38-18-16-34/h9,12-14,19-20,22,24H,5-8,10-11,15-18H2,1-4H3,(H,32,36)/t20?,22-,24-. The normalized spacial score (nSPS) is 21.0. The van der Waals surface area contributed by atoms with Crippen molar-refractivity contribution in [3.8, 4) is 17.0 Å². The van der Waals surface area contributed by atoms with Gasteiger partial charge in [0.05, 0.1) is 42.9 Å². The average molecular weight is 536 g/mol. The maximum atomic E-state index is 12.4. The van der Waals surface area contributed by atoms with Crippen LogP contribution in [0.4, 0.5) is 10.5 Å². The van der Waals surface area contributed by atoms with Crippen LogP contribution in [0, 0.1) is 6.92 Å². The largest absolute Gasteiger partial charge is 0.495 e. The Morgan fingerprint density at radius 1 is 1.21 bits per heavy atom. The highest BCUT2D eigenvalue weighted by Crippen LogP contribution is 2.39. The van der Waals surface area contributed by atoms with Crippen molar-refractivity contribution < 1.29 is 19.0 Å². The smallest absolute Gasteiger partial charge is 0.412 e. The molecule has 9 nitrogen and oxygen atoms in total. The summed E-state index contributed by atoms with van der Waals surface area (Å²) in [6.45, 7) is 9.77. The van der Waals surface area contributed by atoms with E-state index in [-0.39, 0.29) is 6.10 Å². The van der Waals surface area contributed by atoms with Gasteiger partial charge in [-0.3, -0.25) is 19.6 Å². The Hall–Kier alpha value is -3.17. The lowest BCUT2D eigenvalue weighted by molar-refractivity contribution is 0.00710. The Balaban J connectivity index is 1.39. The monoisotopic (exact) mass is 535 g/mol. The maximum Gasteiger partial charge on any atom is 0.412 e. The number of amides is 1. The van der Waals surface area contributed by atoms with E-state index in [4.69, 9.17) is 19.2 Å². The molecular formula is C30H41N5O4. The van der Waals surface area contributed by atoms with Crippen molar-refractivity contribution in [1.82, 2.24) is 19.3 Å². The van der Waals surface area contributed by atoms with Crippen LogP contribution in [0.15, 0.2) is 30.6 Å². The van der Waals surface area contributed by atoms with Gasteiger partial charge >= 0.3 is 6.09 Å². The van der Waals surface area contributed by atoms with Crippen molar-refractivity contribution in [3.63, 3.8) is 0 Å². The lowest BCUT2D eigenvalue weighted by Gasteiger charge is -2.38. The number of benzene rings is 1. The van der Waals surface area contributed by atoms with E-state index in [1.807, 2.05) is 44.4 Å². The van der Waals surface area contributed by atoms with Crippen LogP contribution in [-0.2, 0) is 9.47 Å². The van der Waals surface area contributed by atoms with Crippen LogP contribution in [0.1, 0.15) is 69.8 Å². The summed E-state index contributed by atoms with van der Waals surface area (Å²) in [6.07, 6.45) is 9.63. The van der Waals surface area contributed by atoms with Crippen molar-refractivity contribution in [2.24, 2.45) is 0 Å². The predicted molar refractivity (Wildman–Crippen MR) is 152 cm³/mol. The molecule has 3 heterocycles. The fraction of sp³-hybridized carbons (Fsp3) is 0.567. The Kier molecular flexibility index (Phi) is 8.67. The zero-order chi connectivity index (χ0) is 27.4. The molecule has 210 valence electrons. The minimum atomic E-state index is -0.482. The van der Waals surface area contributed by atoms with E-state index in [0.29, 0.717) is 23.4 Å². The highest BCUT2D eigenvalue weighted by Gasteiger charge is 2.30. The van der Waals surface area contributed by atoms with Gasteiger partial charge in [-0.15, -0.1) is 0 Å². The number of aryl methyl sites for hydroxylation is 1. The van der Waals surface area contributed by atoms with E-state index in [0.717, 1.165) is 80.3 Å². The van der Waals surface area contributed by atoms with E-state index < -0.39 is 6.09 Å². The summed E-state index contributed by atoms with van der Waals surface area (Å²) in [5.74, 6) is 2.05. The Bertz CT molecular complexity index is 1280. The zero-order valence-electron chi connectivity index (χ0n) is 23.6. The second-order valence-corrected chi connectivity index (χ2v) is 10.7. The SMILES string of the molecule is CCCC(C)OC(=O)Nc1ccc(-c2nc([C@H]3CC[C@H](N4CCOCC4)CC3)n3ccnc(C)c23)cc1OC. The van der Waals surface area contributed by atoms with Gasteiger partial charge in [0.15, 0.2) is 0 Å². The number of ether oxygens (including phenoxy) is 3. The van der Waals surface area contributed by atoms with E-state index in [2.05, 4.69) is 26.5 Å². The molecule has 1 aliphatic carbocycles. The van der Waals surface area contributed by atoms with Gasteiger partial charge in [0, 0.05) is 43.0 Å². The summed E-state index contributed by atoms with van der Waals surface area (Å²) >= 11 is 0. The number of nitrogens with zero attached hydrogens (tertiary/aromatic N) is 4. The average Bonchev–Trinajstić information content (AvgIpc) is 3.35. The van der Waals surface area contributed by atoms with Gasteiger partial charge in [-0.25, -0.2) is 9.78 Å². The third kappa shape index (κ3) is 6.04. The number of fused-ring (bicyclic) bond motifs is 1. The predicted octanol–water partition coefficient (Wildman–Crippen LogP) is 5.81. The minimum absolute atomic E-state index is 0.144. The number of methoxy groups -OCH3 is 1. The molecule has 1 amide bonds. The molecule has 0 radical (unpaired) electrons. The molecule has 1 atom stereocenters. The molecule has 2 aliphatic rings. The molecule has 1 saturated heterocycles. The number of rotatable bonds is 8. The van der Waals surface area contributed by atoms with Crippen LogP contribution in [0.3, 0.4) is 0 Å². The van der Waals surface area contributed by atoms with Crippen LogP contribution in [-0.4, -0.2) is 70.9 Å². The number of hydrogen-bond acceptors (Lipinski definition) is 7. The fourth-order valence-electron chi connectivity index (χ4n) is 6.08. The highest BCUT2D eigenvalue weighted by molar-refractivity contribution is 5.89. The first-order valence-corrected chi connectivity index (χ1v) is 14.3. The molecule has 2 aromatic heterocycles. The summed E-state index contributed by atoms with van der Waals surface area (Å²) in [6, 6.07) is 6.39. The third-order valence-electron chi connectivity index (χ3n) is 8.10. The number of anilines is 1. The molecule has 2 fully saturated rings. The van der Waals surface area contributed by atoms with Crippen molar-refractivity contribution >= 4 is 17.3 Å². The highest BCUT2D eigenvalue weighted by atomic mass is 16.6. The van der Waals surface area contributed by atoms with Crippen LogP contribution in [0.5, 0.6) is 5.75 Å². The summed E-state index contributed by atoms with van der Waals surface area (Å²) in [5, 5.41) is 2.83. The third-order valence-corrected chi connectivity index (χ3v) is 8.10. The van der Waals surface area contributed by atoms with E-state index in [1.54, 1.807) is 7.11 Å². The summed E-state index contributed by atoms with van der Waals surface area (Å²) in [7, 11) is 1.60. The summed E-state index contributed by atoms with van der Waals surface area (Å²) < 4.78 is 18.9. The van der Waals surface area contributed by atoms with Gasteiger partial charge in [-0.05, 0) is 58.1 Å². The molecule has 1 aromatic carbocycles. The quantitative estimate of drug-likeness (QED) is 0.389. The zero-order valence-corrected chi connectivity index (χ0v) is 23.6. The van der Waals surface area contributed by atoms with Crippen LogP contribution in [0.2, 0.25) is 0 Å². The first-order chi connectivity index (χ1) is 19.0. The molecule has 1 aliphatic heterocycles. The van der Waals surface area contributed by atoms with Gasteiger partial charge in [0.1, 0.15) is 17.7 Å². The van der Waals surface area contributed by atoms with Crippen LogP contribution < -0.4 is 10.1 Å². The van der Waals surface area contributed by atoms with Crippen LogP contribution in [0.25, 0.3) is 16.8 Å². The van der Waals surface area contributed by atoms with E-state index >= 15 is 0 Å². The molecule has 1 saturated carbocycles. The van der Waals surface area contributed by atoms with Crippen molar-refractivity contribution in [1.29, 1.82) is 0 Å². The molecule has 1 N–H and O–H groups in total. The lowest BCUT2D eigenvalue weighted by atomic mass is 9.84. The summed E-state index contributed by atoms with van der Waals surface area (Å²) in [5.41, 5.74) is 4.32. The van der Waals surface area contributed by atoms with E-state index in [9.17, 15) is 4.79 Å². The van der Waals surface area contributed by atoms with E-state index in [1.165, 1.54) is 12.8 Å². The van der Waals surface area contributed by atoms with Gasteiger partial charge in [-0.1, -0.05) is 19.4 Å². The first-order valence-electron chi connectivity index (χ1n) is 14.3. The van der Waals surface area contributed by atoms with Gasteiger partial charge in [-0.2, -0.15) is 0 Å². The number of imidazole rings is 1. The lowest BCUT2D eigenvalue weighted by Crippen LogP contribution is -2.44. The number of carbonyl (C=O) groups excluding carboxylic acids is 1. The molecule has 0 bridgehead atoms.